The zero-order valence-corrected chi connectivity index (χ0v) is 7.69. The number of hydrogen-bond acceptors (Lipinski definition) is 3. The molecule has 5 heteroatoms. The molecule has 0 radical (unpaired) electrons. The van der Waals surface area contributed by atoms with Gasteiger partial charge in [0.2, 0.25) is 5.91 Å². The highest BCUT2D eigenvalue weighted by atomic mass is 16.4. The summed E-state index contributed by atoms with van der Waals surface area (Å²) in [5.74, 6) is -1.63. The van der Waals surface area contributed by atoms with Gasteiger partial charge >= 0.3 is 5.97 Å². The Labute approximate surface area is 77.1 Å². The molecule has 0 aromatic carbocycles. The van der Waals surface area contributed by atoms with Crippen LogP contribution in [0.15, 0.2) is 0 Å². The minimum atomic E-state index is -1.03. The van der Waals surface area contributed by atoms with E-state index in [-0.39, 0.29) is 12.3 Å². The van der Waals surface area contributed by atoms with Crippen LogP contribution >= 0.6 is 0 Å². The molecule has 0 spiro atoms. The molecule has 5 nitrogen and oxygen atoms in total. The van der Waals surface area contributed by atoms with E-state index in [4.69, 9.17) is 16.6 Å². The quantitative estimate of drug-likeness (QED) is 0.531. The van der Waals surface area contributed by atoms with E-state index < -0.39 is 17.9 Å². The topological polar surface area (TPSA) is 106 Å². The van der Waals surface area contributed by atoms with Crippen LogP contribution in [0.1, 0.15) is 26.2 Å². The van der Waals surface area contributed by atoms with Gasteiger partial charge in [-0.05, 0) is 12.3 Å². The van der Waals surface area contributed by atoms with Gasteiger partial charge in [0.15, 0.2) is 0 Å². The van der Waals surface area contributed by atoms with E-state index in [9.17, 15) is 9.59 Å². The molecule has 0 fully saturated rings. The van der Waals surface area contributed by atoms with E-state index >= 15 is 0 Å². The second-order valence-electron chi connectivity index (χ2n) is 3.04. The third-order valence-electron chi connectivity index (χ3n) is 2.08. The fourth-order valence-electron chi connectivity index (χ4n) is 1.17. The number of nitrogens with two attached hydrogens (primary N) is 2. The predicted octanol–water partition coefficient (Wildman–Crippen LogP) is -0.310. The fraction of sp³-hybridized carbons (Fsp3) is 0.750. The molecule has 2 atom stereocenters. The van der Waals surface area contributed by atoms with Gasteiger partial charge in [-0.3, -0.25) is 9.59 Å². The highest BCUT2D eigenvalue weighted by Crippen LogP contribution is 2.14. The van der Waals surface area contributed by atoms with Crippen LogP contribution in [0.25, 0.3) is 0 Å². The van der Waals surface area contributed by atoms with Gasteiger partial charge in [0.25, 0.3) is 0 Å². The summed E-state index contributed by atoms with van der Waals surface area (Å²) in [4.78, 5) is 20.9. The summed E-state index contributed by atoms with van der Waals surface area (Å²) in [5.41, 5.74) is 10.4. The first-order valence-electron chi connectivity index (χ1n) is 4.25. The van der Waals surface area contributed by atoms with Crippen molar-refractivity contribution >= 4 is 11.9 Å². The van der Waals surface area contributed by atoms with Crippen molar-refractivity contribution in [2.24, 2.45) is 17.4 Å². The van der Waals surface area contributed by atoms with Crippen molar-refractivity contribution in [2.75, 3.05) is 0 Å². The van der Waals surface area contributed by atoms with Crippen molar-refractivity contribution in [3.05, 3.63) is 0 Å². The zero-order chi connectivity index (χ0) is 10.4. The van der Waals surface area contributed by atoms with Gasteiger partial charge in [0.05, 0.1) is 0 Å². The van der Waals surface area contributed by atoms with E-state index in [1.807, 2.05) is 6.92 Å². The smallest absolute Gasteiger partial charge is 0.320 e. The molecule has 0 saturated heterocycles. The molecular weight excluding hydrogens is 172 g/mol. The first-order valence-corrected chi connectivity index (χ1v) is 4.25. The Bertz CT molecular complexity index is 194. The maximum Gasteiger partial charge on any atom is 0.320 e. The summed E-state index contributed by atoms with van der Waals surface area (Å²) >= 11 is 0. The fourth-order valence-corrected chi connectivity index (χ4v) is 1.17. The van der Waals surface area contributed by atoms with E-state index in [2.05, 4.69) is 0 Å². The van der Waals surface area contributed by atoms with E-state index in [1.165, 1.54) is 0 Å². The first-order chi connectivity index (χ1) is 5.99. The van der Waals surface area contributed by atoms with Gasteiger partial charge in [0.1, 0.15) is 6.04 Å². The Hall–Kier alpha value is -1.10. The average molecular weight is 188 g/mol. The Balaban J connectivity index is 4.02. The molecule has 0 aromatic rings. The Morgan fingerprint density at radius 3 is 2.31 bits per heavy atom. The Morgan fingerprint density at radius 2 is 2.00 bits per heavy atom. The molecular formula is C8H16N2O3. The number of aliphatic carboxylic acids is 1. The van der Waals surface area contributed by atoms with Crippen molar-refractivity contribution < 1.29 is 14.7 Å². The van der Waals surface area contributed by atoms with Gasteiger partial charge in [-0.2, -0.15) is 0 Å². The molecule has 0 rings (SSSR count). The Morgan fingerprint density at radius 1 is 1.46 bits per heavy atom. The lowest BCUT2D eigenvalue weighted by molar-refractivity contribution is -0.140. The number of primary amides is 1. The number of carboxylic acid groups (broad SMARTS) is 1. The van der Waals surface area contributed by atoms with Crippen LogP contribution in [0, 0.1) is 5.92 Å². The number of carbonyl (C=O) groups excluding carboxylic acids is 1. The maximum atomic E-state index is 10.5. The third kappa shape index (κ3) is 4.47. The van der Waals surface area contributed by atoms with Crippen molar-refractivity contribution in [3.63, 3.8) is 0 Å². The lowest BCUT2D eigenvalue weighted by Gasteiger charge is -2.17. The Kier molecular flexibility index (Phi) is 5.06. The van der Waals surface area contributed by atoms with E-state index in [1.54, 1.807) is 0 Å². The van der Waals surface area contributed by atoms with Gasteiger partial charge < -0.3 is 16.6 Å². The standard InChI is InChI=1S/C8H16N2O3/c1-2-5(3-4-6(9)11)7(10)8(12)13/h5,7H,2-4,10H2,1H3,(H2,9,11)(H,12,13). The largest absolute Gasteiger partial charge is 0.480 e. The number of hydrogen-bond donors (Lipinski definition) is 3. The second kappa shape index (κ2) is 5.53. The lowest BCUT2D eigenvalue weighted by Crippen LogP contribution is -2.38. The summed E-state index contributed by atoms with van der Waals surface area (Å²) in [6.45, 7) is 1.84. The molecule has 1 amide bonds. The SMILES string of the molecule is CCC(CCC(N)=O)C(N)C(=O)O. The lowest BCUT2D eigenvalue weighted by atomic mass is 9.92. The highest BCUT2D eigenvalue weighted by molar-refractivity contribution is 5.75. The average Bonchev–Trinajstić information content (AvgIpc) is 2.04. The summed E-state index contributed by atoms with van der Waals surface area (Å²) in [6, 6.07) is -0.899. The predicted molar refractivity (Wildman–Crippen MR) is 47.8 cm³/mol. The summed E-state index contributed by atoms with van der Waals surface area (Å²) < 4.78 is 0. The van der Waals surface area contributed by atoms with Crippen molar-refractivity contribution in [2.45, 2.75) is 32.2 Å². The summed E-state index contributed by atoms with van der Waals surface area (Å²) in [5, 5.41) is 8.61. The van der Waals surface area contributed by atoms with Gasteiger partial charge in [-0.15, -0.1) is 0 Å². The molecule has 13 heavy (non-hydrogen) atoms. The van der Waals surface area contributed by atoms with Crippen LogP contribution in [0.3, 0.4) is 0 Å². The van der Waals surface area contributed by atoms with Crippen molar-refractivity contribution in [3.8, 4) is 0 Å². The van der Waals surface area contributed by atoms with Crippen LogP contribution < -0.4 is 11.5 Å². The minimum Gasteiger partial charge on any atom is -0.480 e. The number of rotatable bonds is 6. The molecule has 2 unspecified atom stereocenters. The van der Waals surface area contributed by atoms with Crippen molar-refractivity contribution in [1.82, 2.24) is 0 Å². The summed E-state index contributed by atoms with van der Waals surface area (Å²) in [6.07, 6.45) is 1.28. The minimum absolute atomic E-state index is 0.176. The number of amides is 1. The molecule has 0 saturated carbocycles. The normalized spacial score (nSPS) is 14.9. The number of carboxylic acids is 1. The van der Waals surface area contributed by atoms with E-state index in [0.29, 0.717) is 12.8 Å². The molecule has 0 bridgehead atoms. The zero-order valence-electron chi connectivity index (χ0n) is 7.69. The van der Waals surface area contributed by atoms with Gasteiger partial charge in [0, 0.05) is 6.42 Å². The monoisotopic (exact) mass is 188 g/mol. The van der Waals surface area contributed by atoms with Gasteiger partial charge in [-0.1, -0.05) is 13.3 Å². The van der Waals surface area contributed by atoms with E-state index in [0.717, 1.165) is 0 Å². The maximum absolute atomic E-state index is 10.5. The molecule has 0 aromatic heterocycles. The van der Waals surface area contributed by atoms with Crippen molar-refractivity contribution in [1.29, 1.82) is 0 Å². The van der Waals surface area contributed by atoms with Crippen LogP contribution in [0.5, 0.6) is 0 Å². The molecule has 0 aliphatic heterocycles. The van der Waals surface area contributed by atoms with Crippen LogP contribution in [-0.4, -0.2) is 23.0 Å². The van der Waals surface area contributed by atoms with Gasteiger partial charge in [-0.25, -0.2) is 0 Å². The van der Waals surface area contributed by atoms with Crippen LogP contribution in [0.2, 0.25) is 0 Å². The second-order valence-corrected chi connectivity index (χ2v) is 3.04. The molecule has 0 aliphatic rings. The first kappa shape index (κ1) is 11.9. The molecule has 5 N–H and O–H groups in total. The molecule has 0 heterocycles. The summed E-state index contributed by atoms with van der Waals surface area (Å²) in [7, 11) is 0. The highest BCUT2D eigenvalue weighted by Gasteiger charge is 2.22. The van der Waals surface area contributed by atoms with Crippen LogP contribution in [0.4, 0.5) is 0 Å². The molecule has 76 valence electrons. The van der Waals surface area contributed by atoms with Crippen LogP contribution in [-0.2, 0) is 9.59 Å². The third-order valence-corrected chi connectivity index (χ3v) is 2.08. The molecule has 0 aliphatic carbocycles. The number of carbonyl (C=O) groups is 2.